The van der Waals surface area contributed by atoms with Crippen LogP contribution in [0.4, 0.5) is 11.4 Å². The Bertz CT molecular complexity index is 1300. The van der Waals surface area contributed by atoms with Crippen LogP contribution in [0.15, 0.2) is 60.7 Å². The molecule has 2 saturated heterocycles. The molecule has 2 aromatic rings. The molecule has 8 heteroatoms. The number of nitrogens with zero attached hydrogens (tertiary/aromatic N) is 2. The minimum absolute atomic E-state index is 0.0669. The van der Waals surface area contributed by atoms with Crippen LogP contribution in [0.5, 0.6) is 5.75 Å². The first-order valence-electron chi connectivity index (χ1n) is 12.3. The molecule has 8 rings (SSSR count). The van der Waals surface area contributed by atoms with E-state index < -0.39 is 11.9 Å². The van der Waals surface area contributed by atoms with E-state index in [0.29, 0.717) is 34.0 Å². The maximum atomic E-state index is 13.3. The number of imide groups is 1. The number of carbonyl (C=O) groups is 4. The van der Waals surface area contributed by atoms with Crippen molar-refractivity contribution in [1.29, 1.82) is 0 Å². The van der Waals surface area contributed by atoms with E-state index in [1.807, 2.05) is 0 Å². The number of rotatable bonds is 4. The van der Waals surface area contributed by atoms with Gasteiger partial charge in [-0.3, -0.25) is 24.1 Å². The summed E-state index contributed by atoms with van der Waals surface area (Å²) in [4.78, 5) is 54.7. The lowest BCUT2D eigenvalue weighted by Gasteiger charge is -2.37. The Morgan fingerprint density at radius 1 is 0.833 bits per heavy atom. The third-order valence-electron chi connectivity index (χ3n) is 8.57. The Morgan fingerprint density at radius 3 is 2.03 bits per heavy atom. The van der Waals surface area contributed by atoms with Gasteiger partial charge in [0.1, 0.15) is 5.75 Å². The number of anilines is 2. The quantitative estimate of drug-likeness (QED) is 0.274. The number of hydrogen-bond acceptors (Lipinski definition) is 5. The van der Waals surface area contributed by atoms with Gasteiger partial charge in [0.05, 0.1) is 23.4 Å². The van der Waals surface area contributed by atoms with Crippen LogP contribution in [0.1, 0.15) is 12.8 Å². The zero-order valence-electron chi connectivity index (χ0n) is 19.2. The molecule has 0 radical (unpaired) electrons. The summed E-state index contributed by atoms with van der Waals surface area (Å²) in [7, 11) is 0. The number of halogens is 1. The highest BCUT2D eigenvalue weighted by molar-refractivity contribution is 6.30. The van der Waals surface area contributed by atoms with Gasteiger partial charge in [-0.2, -0.15) is 0 Å². The lowest BCUT2D eigenvalue weighted by molar-refractivity contribution is -0.139. The van der Waals surface area contributed by atoms with Crippen molar-refractivity contribution >= 4 is 46.7 Å². The molecular weight excluding hydrogens is 480 g/mol. The smallest absolute Gasteiger partial charge is 0.316 e. The Balaban J connectivity index is 1.03. The molecule has 3 amide bonds. The maximum absolute atomic E-state index is 13.3. The molecular formula is C28H23ClN2O5. The van der Waals surface area contributed by atoms with E-state index in [2.05, 4.69) is 12.2 Å². The topological polar surface area (TPSA) is 84.0 Å². The summed E-state index contributed by atoms with van der Waals surface area (Å²) in [5, 5.41) is 0.571. The summed E-state index contributed by atoms with van der Waals surface area (Å²) < 4.78 is 5.54. The zero-order valence-corrected chi connectivity index (χ0v) is 20.0. The fraction of sp³-hybridized carbons (Fsp3) is 0.357. The molecule has 2 bridgehead atoms. The average Bonchev–Trinajstić information content (AvgIpc) is 3.56. The molecule has 6 aliphatic rings. The van der Waals surface area contributed by atoms with Crippen molar-refractivity contribution in [1.82, 2.24) is 0 Å². The molecule has 4 fully saturated rings. The third kappa shape index (κ3) is 3.18. The predicted octanol–water partition coefficient (Wildman–Crippen LogP) is 3.86. The van der Waals surface area contributed by atoms with Crippen LogP contribution in [-0.2, 0) is 19.2 Å². The molecule has 7 atom stereocenters. The van der Waals surface area contributed by atoms with Crippen molar-refractivity contribution in [2.24, 2.45) is 41.4 Å². The van der Waals surface area contributed by atoms with Crippen LogP contribution in [-0.4, -0.2) is 30.2 Å². The van der Waals surface area contributed by atoms with E-state index in [-0.39, 0.29) is 54.4 Å². The summed E-state index contributed by atoms with van der Waals surface area (Å²) in [5.41, 5.74) is 1.18. The first-order chi connectivity index (χ1) is 17.4. The van der Waals surface area contributed by atoms with Gasteiger partial charge in [0.25, 0.3) is 0 Å². The minimum Gasteiger partial charge on any atom is -0.426 e. The van der Waals surface area contributed by atoms with Crippen LogP contribution in [0, 0.1) is 41.4 Å². The molecule has 0 spiro atoms. The van der Waals surface area contributed by atoms with Gasteiger partial charge in [0, 0.05) is 23.7 Å². The molecule has 4 aliphatic carbocycles. The minimum atomic E-state index is -0.591. The lowest BCUT2D eigenvalue weighted by atomic mass is 9.63. The number of allylic oxidation sites excluding steroid dienone is 2. The zero-order chi connectivity index (χ0) is 24.7. The Morgan fingerprint density at radius 2 is 1.42 bits per heavy atom. The third-order valence-corrected chi connectivity index (χ3v) is 8.82. The average molecular weight is 503 g/mol. The molecule has 0 aromatic heterocycles. The van der Waals surface area contributed by atoms with Crippen LogP contribution in [0.2, 0.25) is 5.02 Å². The molecule has 182 valence electrons. The van der Waals surface area contributed by atoms with Gasteiger partial charge in [-0.25, -0.2) is 0 Å². The van der Waals surface area contributed by atoms with Crippen molar-refractivity contribution in [3.63, 3.8) is 0 Å². The molecule has 36 heavy (non-hydrogen) atoms. The second-order valence-corrected chi connectivity index (χ2v) is 10.9. The molecule has 2 saturated carbocycles. The first-order valence-corrected chi connectivity index (χ1v) is 12.7. The monoisotopic (exact) mass is 502 g/mol. The van der Waals surface area contributed by atoms with Crippen molar-refractivity contribution in [2.45, 2.75) is 12.8 Å². The molecule has 7 nitrogen and oxygen atoms in total. The van der Waals surface area contributed by atoms with Crippen molar-refractivity contribution in [2.75, 3.05) is 16.3 Å². The second kappa shape index (κ2) is 7.77. The van der Waals surface area contributed by atoms with Crippen molar-refractivity contribution in [3.05, 3.63) is 65.7 Å². The SMILES string of the molecule is O=C(Oc1ccc(N2C(=O)[C@@H]3[C@H]4C=C[C@@H]([C@@H]5C[C@H]45)[C@@H]3C2=O)cc1)[C@H]1CC(=O)N(c2ccc(Cl)cc2)C1. The predicted molar refractivity (Wildman–Crippen MR) is 131 cm³/mol. The van der Waals surface area contributed by atoms with E-state index in [1.165, 1.54) is 4.90 Å². The van der Waals surface area contributed by atoms with Crippen molar-refractivity contribution in [3.8, 4) is 5.75 Å². The van der Waals surface area contributed by atoms with Gasteiger partial charge in [0.15, 0.2) is 0 Å². The molecule has 0 N–H and O–H groups in total. The van der Waals surface area contributed by atoms with Gasteiger partial charge in [-0.1, -0.05) is 23.8 Å². The highest BCUT2D eigenvalue weighted by Crippen LogP contribution is 2.65. The van der Waals surface area contributed by atoms with E-state index in [1.54, 1.807) is 53.4 Å². The second-order valence-electron chi connectivity index (χ2n) is 10.5. The van der Waals surface area contributed by atoms with E-state index >= 15 is 0 Å². The summed E-state index contributed by atoms with van der Waals surface area (Å²) in [6, 6.07) is 13.4. The summed E-state index contributed by atoms with van der Waals surface area (Å²) in [6.07, 6.45) is 5.50. The molecule has 2 aromatic carbocycles. The fourth-order valence-electron chi connectivity index (χ4n) is 6.81. The van der Waals surface area contributed by atoms with Crippen LogP contribution in [0.25, 0.3) is 0 Å². The van der Waals surface area contributed by atoms with Gasteiger partial charge in [-0.05, 0) is 78.6 Å². The largest absolute Gasteiger partial charge is 0.426 e. The standard InChI is InChI=1S/C28H23ClN2O5/c29-15-1-3-16(4-2-15)30-13-14(11-23(30)32)28(35)36-18-7-5-17(6-8-18)31-26(33)24-19-9-10-20(22-12-21(19)22)25(24)27(31)34/h1-10,14,19-22,24-25H,11-13H2/t14-,19-,20-,21-,22+,24-,25+/m0/s1. The van der Waals surface area contributed by atoms with E-state index in [0.717, 1.165) is 6.42 Å². The maximum Gasteiger partial charge on any atom is 0.316 e. The Kier molecular flexibility index (Phi) is 4.71. The normalized spacial score (nSPS) is 33.7. The molecule has 2 heterocycles. The first kappa shape index (κ1) is 21.8. The van der Waals surface area contributed by atoms with Gasteiger partial charge in [0.2, 0.25) is 17.7 Å². The summed E-state index contributed by atoms with van der Waals surface area (Å²) >= 11 is 5.93. The summed E-state index contributed by atoms with van der Waals surface area (Å²) in [6.45, 7) is 0.231. The number of esters is 1. The van der Waals surface area contributed by atoms with Gasteiger partial charge >= 0.3 is 5.97 Å². The van der Waals surface area contributed by atoms with Gasteiger partial charge < -0.3 is 9.64 Å². The molecule has 2 aliphatic heterocycles. The lowest BCUT2D eigenvalue weighted by Crippen LogP contribution is -2.40. The highest BCUT2D eigenvalue weighted by atomic mass is 35.5. The van der Waals surface area contributed by atoms with Crippen LogP contribution >= 0.6 is 11.6 Å². The van der Waals surface area contributed by atoms with Crippen LogP contribution < -0.4 is 14.5 Å². The van der Waals surface area contributed by atoms with Crippen molar-refractivity contribution < 1.29 is 23.9 Å². The molecule has 0 unspecified atom stereocenters. The fourth-order valence-corrected chi connectivity index (χ4v) is 6.94. The number of ether oxygens (including phenoxy) is 1. The van der Waals surface area contributed by atoms with Gasteiger partial charge in [-0.15, -0.1) is 0 Å². The van der Waals surface area contributed by atoms with Crippen LogP contribution in [0.3, 0.4) is 0 Å². The van der Waals surface area contributed by atoms with E-state index in [9.17, 15) is 19.2 Å². The number of benzene rings is 2. The number of carbonyl (C=O) groups excluding carboxylic acids is 4. The Labute approximate surface area is 212 Å². The number of amides is 3. The summed E-state index contributed by atoms with van der Waals surface area (Å²) in [5.74, 6) is -0.214. The number of hydrogen-bond donors (Lipinski definition) is 0. The van der Waals surface area contributed by atoms with E-state index in [4.69, 9.17) is 16.3 Å². The Hall–Kier alpha value is -3.45. The highest BCUT2D eigenvalue weighted by Gasteiger charge is 2.67.